The van der Waals surface area contributed by atoms with Crippen LogP contribution in [0.3, 0.4) is 0 Å². The van der Waals surface area contributed by atoms with Crippen LogP contribution in [0.25, 0.3) is 0 Å². The van der Waals surface area contributed by atoms with Gasteiger partial charge in [0.15, 0.2) is 0 Å². The largest absolute Gasteiger partial charge is 0.399 e. The number of nitrogens with zero attached hydrogens (tertiary/aromatic N) is 2. The van der Waals surface area contributed by atoms with Crippen molar-refractivity contribution in [1.29, 1.82) is 0 Å². The average molecular weight is 241 g/mol. The zero-order valence-electron chi connectivity index (χ0n) is 10.9. The summed E-state index contributed by atoms with van der Waals surface area (Å²) in [5, 5.41) is 0. The van der Waals surface area contributed by atoms with Crippen LogP contribution in [-0.4, -0.2) is 11.5 Å². The van der Waals surface area contributed by atoms with Crippen LogP contribution in [0.15, 0.2) is 42.6 Å². The van der Waals surface area contributed by atoms with Crippen LogP contribution >= 0.6 is 0 Å². The maximum atomic E-state index is 5.78. The molecular weight excluding hydrogens is 222 g/mol. The minimum atomic E-state index is 0.764. The van der Waals surface area contributed by atoms with Gasteiger partial charge in [0.2, 0.25) is 0 Å². The number of benzene rings is 1. The molecule has 0 aliphatic rings. The molecule has 0 saturated carbocycles. The molecule has 0 fully saturated rings. The number of hydrogen-bond acceptors (Lipinski definition) is 3. The smallest absolute Gasteiger partial charge is 0.0617 e. The average Bonchev–Trinajstić information content (AvgIpc) is 2.36. The molecule has 1 aromatic heterocycles. The third kappa shape index (κ3) is 3.00. The molecule has 0 aliphatic carbocycles. The Morgan fingerprint density at radius 3 is 2.72 bits per heavy atom. The first-order valence-corrected chi connectivity index (χ1v) is 6.21. The molecule has 0 bridgehead atoms. The SMILES string of the molecule is CCN(Cc1cc(N)ccn1)c1cccc(C)c1. The molecule has 0 radical (unpaired) electrons. The van der Waals surface area contributed by atoms with E-state index in [1.807, 2.05) is 12.1 Å². The van der Waals surface area contributed by atoms with E-state index in [0.29, 0.717) is 0 Å². The van der Waals surface area contributed by atoms with Gasteiger partial charge in [-0.3, -0.25) is 4.98 Å². The maximum absolute atomic E-state index is 5.78. The number of aryl methyl sites for hydroxylation is 1. The number of hydrogen-bond donors (Lipinski definition) is 1. The highest BCUT2D eigenvalue weighted by molar-refractivity contribution is 5.49. The van der Waals surface area contributed by atoms with E-state index in [2.05, 4.69) is 48.0 Å². The van der Waals surface area contributed by atoms with Gasteiger partial charge in [0, 0.05) is 24.1 Å². The van der Waals surface area contributed by atoms with Gasteiger partial charge in [-0.25, -0.2) is 0 Å². The fourth-order valence-corrected chi connectivity index (χ4v) is 1.99. The van der Waals surface area contributed by atoms with Crippen molar-refractivity contribution in [2.45, 2.75) is 20.4 Å². The summed E-state index contributed by atoms with van der Waals surface area (Å²) in [6.07, 6.45) is 1.76. The first-order valence-electron chi connectivity index (χ1n) is 6.21. The van der Waals surface area contributed by atoms with Gasteiger partial charge in [-0.15, -0.1) is 0 Å². The summed E-state index contributed by atoms with van der Waals surface area (Å²) in [6, 6.07) is 12.2. The van der Waals surface area contributed by atoms with Crippen LogP contribution in [0.2, 0.25) is 0 Å². The molecule has 3 nitrogen and oxygen atoms in total. The van der Waals surface area contributed by atoms with E-state index in [-0.39, 0.29) is 0 Å². The number of aromatic nitrogens is 1. The van der Waals surface area contributed by atoms with Crippen molar-refractivity contribution in [2.24, 2.45) is 0 Å². The fourth-order valence-electron chi connectivity index (χ4n) is 1.99. The molecule has 2 N–H and O–H groups in total. The van der Waals surface area contributed by atoms with E-state index in [1.54, 1.807) is 6.20 Å². The van der Waals surface area contributed by atoms with Crippen molar-refractivity contribution in [3.05, 3.63) is 53.9 Å². The van der Waals surface area contributed by atoms with Gasteiger partial charge in [-0.2, -0.15) is 0 Å². The second-order valence-corrected chi connectivity index (χ2v) is 4.43. The predicted molar refractivity (Wildman–Crippen MR) is 76.6 cm³/mol. The zero-order chi connectivity index (χ0) is 13.0. The van der Waals surface area contributed by atoms with Crippen molar-refractivity contribution in [1.82, 2.24) is 4.98 Å². The molecule has 1 heterocycles. The van der Waals surface area contributed by atoms with Gasteiger partial charge >= 0.3 is 0 Å². The van der Waals surface area contributed by atoms with Gasteiger partial charge in [-0.1, -0.05) is 12.1 Å². The quantitative estimate of drug-likeness (QED) is 0.894. The van der Waals surface area contributed by atoms with Gasteiger partial charge in [-0.05, 0) is 43.7 Å². The molecule has 94 valence electrons. The Morgan fingerprint density at radius 2 is 2.06 bits per heavy atom. The maximum Gasteiger partial charge on any atom is 0.0617 e. The molecule has 0 atom stereocenters. The molecule has 0 saturated heterocycles. The van der Waals surface area contributed by atoms with Crippen LogP contribution in [0, 0.1) is 6.92 Å². The first kappa shape index (κ1) is 12.4. The zero-order valence-corrected chi connectivity index (χ0v) is 10.9. The molecule has 0 amide bonds. The van der Waals surface area contributed by atoms with Gasteiger partial charge in [0.25, 0.3) is 0 Å². The Balaban J connectivity index is 2.19. The van der Waals surface area contributed by atoms with E-state index in [4.69, 9.17) is 5.73 Å². The number of nitrogen functional groups attached to an aromatic ring is 1. The van der Waals surface area contributed by atoms with E-state index in [9.17, 15) is 0 Å². The molecule has 0 unspecified atom stereocenters. The molecular formula is C15H19N3. The predicted octanol–water partition coefficient (Wildman–Crippen LogP) is 3.00. The Labute approximate surface area is 108 Å². The Morgan fingerprint density at radius 1 is 1.22 bits per heavy atom. The van der Waals surface area contributed by atoms with E-state index >= 15 is 0 Å². The fraction of sp³-hybridized carbons (Fsp3) is 0.267. The standard InChI is InChI=1S/C15H19N3/c1-3-18(15-6-4-5-12(2)9-15)11-14-10-13(16)7-8-17-14/h4-10H,3,11H2,1-2H3,(H2,16,17). The Hall–Kier alpha value is -2.03. The molecule has 0 aliphatic heterocycles. The summed E-state index contributed by atoms with van der Waals surface area (Å²) >= 11 is 0. The second-order valence-electron chi connectivity index (χ2n) is 4.43. The summed E-state index contributed by atoms with van der Waals surface area (Å²) in [5.74, 6) is 0. The van der Waals surface area contributed by atoms with E-state index < -0.39 is 0 Å². The molecule has 18 heavy (non-hydrogen) atoms. The van der Waals surface area contributed by atoms with Gasteiger partial charge in [0.1, 0.15) is 0 Å². The van der Waals surface area contributed by atoms with Crippen LogP contribution in [0.1, 0.15) is 18.2 Å². The summed E-state index contributed by atoms with van der Waals surface area (Å²) in [6.45, 7) is 5.98. The third-order valence-corrected chi connectivity index (χ3v) is 2.94. The van der Waals surface area contributed by atoms with Crippen molar-refractivity contribution in [3.8, 4) is 0 Å². The lowest BCUT2D eigenvalue weighted by molar-refractivity contribution is 0.809. The first-order chi connectivity index (χ1) is 8.69. The molecule has 2 rings (SSSR count). The summed E-state index contributed by atoms with van der Waals surface area (Å²) in [4.78, 5) is 6.64. The minimum absolute atomic E-state index is 0.764. The van der Waals surface area contributed by atoms with Crippen molar-refractivity contribution in [2.75, 3.05) is 17.2 Å². The second kappa shape index (κ2) is 5.54. The molecule has 0 spiro atoms. The highest BCUT2D eigenvalue weighted by Gasteiger charge is 2.06. The van der Waals surface area contributed by atoms with Crippen molar-refractivity contribution >= 4 is 11.4 Å². The normalized spacial score (nSPS) is 10.3. The summed E-state index contributed by atoms with van der Waals surface area (Å²) in [5.41, 5.74) is 10.0. The lowest BCUT2D eigenvalue weighted by atomic mass is 10.2. The Kier molecular flexibility index (Phi) is 3.82. The van der Waals surface area contributed by atoms with Gasteiger partial charge in [0.05, 0.1) is 12.2 Å². The van der Waals surface area contributed by atoms with E-state index in [1.165, 1.54) is 11.3 Å². The highest BCUT2D eigenvalue weighted by atomic mass is 15.1. The molecule has 2 aromatic rings. The third-order valence-electron chi connectivity index (χ3n) is 2.94. The summed E-state index contributed by atoms with van der Waals surface area (Å²) < 4.78 is 0. The Bertz CT molecular complexity index is 523. The monoisotopic (exact) mass is 241 g/mol. The van der Waals surface area contributed by atoms with Crippen LogP contribution in [0.5, 0.6) is 0 Å². The van der Waals surface area contributed by atoms with Crippen molar-refractivity contribution < 1.29 is 0 Å². The number of rotatable bonds is 4. The number of anilines is 2. The lowest BCUT2D eigenvalue weighted by Gasteiger charge is -2.23. The molecule has 1 aromatic carbocycles. The van der Waals surface area contributed by atoms with E-state index in [0.717, 1.165) is 24.5 Å². The molecule has 3 heteroatoms. The van der Waals surface area contributed by atoms with Gasteiger partial charge < -0.3 is 10.6 Å². The van der Waals surface area contributed by atoms with Crippen LogP contribution < -0.4 is 10.6 Å². The van der Waals surface area contributed by atoms with Crippen LogP contribution in [0.4, 0.5) is 11.4 Å². The number of pyridine rings is 1. The highest BCUT2D eigenvalue weighted by Crippen LogP contribution is 2.18. The summed E-state index contributed by atoms with van der Waals surface area (Å²) in [7, 11) is 0. The minimum Gasteiger partial charge on any atom is -0.399 e. The lowest BCUT2D eigenvalue weighted by Crippen LogP contribution is -2.22. The van der Waals surface area contributed by atoms with Crippen LogP contribution in [-0.2, 0) is 6.54 Å². The number of nitrogens with two attached hydrogens (primary N) is 1. The topological polar surface area (TPSA) is 42.1 Å². The van der Waals surface area contributed by atoms with Crippen molar-refractivity contribution in [3.63, 3.8) is 0 Å².